The molecule has 2 aromatic rings. The predicted molar refractivity (Wildman–Crippen MR) is 105 cm³/mol. The van der Waals surface area contributed by atoms with Crippen molar-refractivity contribution in [2.75, 3.05) is 13.1 Å². The van der Waals surface area contributed by atoms with Gasteiger partial charge in [0.1, 0.15) is 5.82 Å². The molecule has 146 valence electrons. The molecule has 2 atom stereocenters. The fourth-order valence-corrected chi connectivity index (χ4v) is 4.41. The van der Waals surface area contributed by atoms with Crippen LogP contribution in [0.15, 0.2) is 54.6 Å². The first-order valence-electron chi connectivity index (χ1n) is 9.96. The van der Waals surface area contributed by atoms with Crippen LogP contribution in [0.3, 0.4) is 0 Å². The van der Waals surface area contributed by atoms with Crippen molar-refractivity contribution in [1.29, 1.82) is 0 Å². The minimum absolute atomic E-state index is 0.0480. The summed E-state index contributed by atoms with van der Waals surface area (Å²) in [5.74, 6) is 0.262. The Kier molecular flexibility index (Phi) is 5.42. The smallest absolute Gasteiger partial charge is 0.227 e. The van der Waals surface area contributed by atoms with Crippen LogP contribution < -0.4 is 0 Å². The Morgan fingerprint density at radius 3 is 2.50 bits per heavy atom. The second-order valence-corrected chi connectivity index (χ2v) is 7.83. The Labute approximate surface area is 164 Å². The van der Waals surface area contributed by atoms with Gasteiger partial charge in [0.05, 0.1) is 12.5 Å². The molecular weight excluding hydrogens is 355 g/mol. The minimum Gasteiger partial charge on any atom is -0.340 e. The van der Waals surface area contributed by atoms with Crippen molar-refractivity contribution in [1.82, 2.24) is 9.80 Å². The van der Waals surface area contributed by atoms with Gasteiger partial charge >= 0.3 is 0 Å². The molecule has 2 saturated heterocycles. The summed E-state index contributed by atoms with van der Waals surface area (Å²) in [6.45, 7) is 1.88. The summed E-state index contributed by atoms with van der Waals surface area (Å²) in [6, 6.07) is 16.2. The molecule has 2 amide bonds. The topological polar surface area (TPSA) is 40.6 Å². The van der Waals surface area contributed by atoms with Crippen LogP contribution in [0.25, 0.3) is 0 Å². The van der Waals surface area contributed by atoms with Crippen molar-refractivity contribution in [3.8, 4) is 0 Å². The van der Waals surface area contributed by atoms with Crippen molar-refractivity contribution in [3.63, 3.8) is 0 Å². The van der Waals surface area contributed by atoms with E-state index in [1.54, 1.807) is 12.1 Å². The van der Waals surface area contributed by atoms with E-state index in [1.165, 1.54) is 12.1 Å². The Balaban J connectivity index is 1.47. The van der Waals surface area contributed by atoms with E-state index in [2.05, 4.69) is 0 Å². The maximum atomic E-state index is 13.1. The Hall–Kier alpha value is -2.69. The summed E-state index contributed by atoms with van der Waals surface area (Å²) in [7, 11) is 0. The van der Waals surface area contributed by atoms with Crippen molar-refractivity contribution < 1.29 is 14.0 Å². The molecule has 2 fully saturated rings. The highest BCUT2D eigenvalue weighted by molar-refractivity contribution is 5.80. The Bertz CT molecular complexity index is 837. The summed E-state index contributed by atoms with van der Waals surface area (Å²) in [5, 5.41) is 0. The van der Waals surface area contributed by atoms with Gasteiger partial charge in [0.25, 0.3) is 0 Å². The molecule has 28 heavy (non-hydrogen) atoms. The normalized spacial score (nSPS) is 22.1. The zero-order valence-corrected chi connectivity index (χ0v) is 15.9. The molecule has 4 rings (SSSR count). The number of carbonyl (C=O) groups excluding carboxylic acids is 2. The molecule has 0 bridgehead atoms. The van der Waals surface area contributed by atoms with E-state index in [0.717, 1.165) is 24.0 Å². The first kappa shape index (κ1) is 18.7. The van der Waals surface area contributed by atoms with Gasteiger partial charge in [-0.1, -0.05) is 42.5 Å². The Morgan fingerprint density at radius 2 is 1.75 bits per heavy atom. The number of rotatable bonds is 4. The lowest BCUT2D eigenvalue weighted by molar-refractivity contribution is -0.135. The molecule has 2 aliphatic rings. The molecule has 2 unspecified atom stereocenters. The van der Waals surface area contributed by atoms with Gasteiger partial charge in [0.15, 0.2) is 0 Å². The number of benzene rings is 2. The van der Waals surface area contributed by atoms with Crippen LogP contribution >= 0.6 is 0 Å². The average molecular weight is 380 g/mol. The Morgan fingerprint density at radius 1 is 1.00 bits per heavy atom. The number of hydrogen-bond donors (Lipinski definition) is 0. The van der Waals surface area contributed by atoms with Crippen LogP contribution in [0.4, 0.5) is 4.39 Å². The van der Waals surface area contributed by atoms with E-state index >= 15 is 0 Å². The van der Waals surface area contributed by atoms with Crippen LogP contribution in [-0.2, 0) is 22.6 Å². The highest BCUT2D eigenvalue weighted by Crippen LogP contribution is 2.32. The quantitative estimate of drug-likeness (QED) is 0.816. The van der Waals surface area contributed by atoms with Gasteiger partial charge in [-0.2, -0.15) is 0 Å². The maximum Gasteiger partial charge on any atom is 0.227 e. The number of carbonyl (C=O) groups is 2. The zero-order valence-electron chi connectivity index (χ0n) is 15.9. The second-order valence-electron chi connectivity index (χ2n) is 7.83. The number of amides is 2. The third kappa shape index (κ3) is 4.08. The highest BCUT2D eigenvalue weighted by Gasteiger charge is 2.41. The fraction of sp³-hybridized carbons (Fsp3) is 0.391. The first-order valence-corrected chi connectivity index (χ1v) is 9.96. The second kappa shape index (κ2) is 8.13. The largest absolute Gasteiger partial charge is 0.340 e. The lowest BCUT2D eigenvalue weighted by atomic mass is 9.98. The van der Waals surface area contributed by atoms with E-state index < -0.39 is 0 Å². The molecule has 2 heterocycles. The van der Waals surface area contributed by atoms with Gasteiger partial charge in [0.2, 0.25) is 11.8 Å². The molecule has 0 saturated carbocycles. The van der Waals surface area contributed by atoms with Crippen molar-refractivity contribution in [2.45, 2.75) is 38.3 Å². The molecule has 5 heteroatoms. The van der Waals surface area contributed by atoms with Crippen molar-refractivity contribution >= 4 is 11.8 Å². The minimum atomic E-state index is -0.297. The summed E-state index contributed by atoms with van der Waals surface area (Å²) >= 11 is 0. The molecule has 4 nitrogen and oxygen atoms in total. The molecule has 2 aromatic carbocycles. The van der Waals surface area contributed by atoms with Gasteiger partial charge in [-0.3, -0.25) is 9.59 Å². The lowest BCUT2D eigenvalue weighted by Gasteiger charge is -2.30. The van der Waals surface area contributed by atoms with Crippen molar-refractivity contribution in [3.05, 3.63) is 71.5 Å². The monoisotopic (exact) mass is 380 g/mol. The third-order valence-electron chi connectivity index (χ3n) is 5.91. The van der Waals surface area contributed by atoms with Gasteiger partial charge in [-0.25, -0.2) is 4.39 Å². The van der Waals surface area contributed by atoms with Crippen LogP contribution in [0.5, 0.6) is 0 Å². The van der Waals surface area contributed by atoms with Gasteiger partial charge in [-0.15, -0.1) is 0 Å². The summed E-state index contributed by atoms with van der Waals surface area (Å²) in [6.07, 6.45) is 2.71. The third-order valence-corrected chi connectivity index (χ3v) is 5.91. The summed E-state index contributed by atoms with van der Waals surface area (Å²) in [5.41, 5.74) is 1.93. The van der Waals surface area contributed by atoms with E-state index in [0.29, 0.717) is 32.0 Å². The SMILES string of the molecule is O=C(Cc1ccc(F)cc1)N1CC2CCCC(=O)N(Cc3ccccc3)C2C1. The summed E-state index contributed by atoms with van der Waals surface area (Å²) < 4.78 is 13.1. The van der Waals surface area contributed by atoms with Crippen LogP contribution in [-0.4, -0.2) is 40.7 Å². The molecule has 0 aromatic heterocycles. The lowest BCUT2D eigenvalue weighted by Crippen LogP contribution is -2.43. The zero-order chi connectivity index (χ0) is 19.5. The van der Waals surface area contributed by atoms with Gasteiger partial charge in [0, 0.05) is 26.1 Å². The first-order chi connectivity index (χ1) is 13.6. The number of likely N-dealkylation sites (tertiary alicyclic amines) is 2. The van der Waals surface area contributed by atoms with E-state index in [1.807, 2.05) is 40.1 Å². The van der Waals surface area contributed by atoms with Crippen LogP contribution in [0.2, 0.25) is 0 Å². The number of hydrogen-bond acceptors (Lipinski definition) is 2. The molecule has 0 radical (unpaired) electrons. The molecule has 0 spiro atoms. The maximum absolute atomic E-state index is 13.1. The predicted octanol–water partition coefficient (Wildman–Crippen LogP) is 3.41. The van der Waals surface area contributed by atoms with Crippen LogP contribution in [0, 0.1) is 11.7 Å². The van der Waals surface area contributed by atoms with Gasteiger partial charge in [-0.05, 0) is 42.0 Å². The summed E-state index contributed by atoms with van der Waals surface area (Å²) in [4.78, 5) is 29.4. The molecule has 2 aliphatic heterocycles. The number of halogens is 1. The average Bonchev–Trinajstić information content (AvgIpc) is 3.07. The fourth-order valence-electron chi connectivity index (χ4n) is 4.41. The van der Waals surface area contributed by atoms with Crippen molar-refractivity contribution in [2.24, 2.45) is 5.92 Å². The van der Waals surface area contributed by atoms with Crippen LogP contribution in [0.1, 0.15) is 30.4 Å². The number of fused-ring (bicyclic) bond motifs is 1. The number of nitrogens with zero attached hydrogens (tertiary/aromatic N) is 2. The molecular formula is C23H25FN2O2. The molecule has 0 N–H and O–H groups in total. The van der Waals surface area contributed by atoms with E-state index in [-0.39, 0.29) is 30.1 Å². The van der Waals surface area contributed by atoms with E-state index in [9.17, 15) is 14.0 Å². The standard InChI is InChI=1S/C23H25FN2O2/c24-20-11-9-17(10-12-20)13-23(28)25-15-19-7-4-8-22(27)26(21(19)16-25)14-18-5-2-1-3-6-18/h1-3,5-6,9-12,19,21H,4,7-8,13-16H2. The van der Waals surface area contributed by atoms with Gasteiger partial charge < -0.3 is 9.80 Å². The molecule has 0 aliphatic carbocycles. The highest BCUT2D eigenvalue weighted by atomic mass is 19.1. The van der Waals surface area contributed by atoms with E-state index in [4.69, 9.17) is 0 Å².